The molecular formula is C135H75N15. The average Bonchev–Trinajstić information content (AvgIpc) is 1.57. The lowest BCUT2D eigenvalue weighted by atomic mass is 9.92. The summed E-state index contributed by atoms with van der Waals surface area (Å²) >= 11 is 0. The summed E-state index contributed by atoms with van der Waals surface area (Å²) < 4.78 is 13.1. The molecule has 0 fully saturated rings. The molecule has 0 bridgehead atoms. The third-order valence-electron chi connectivity index (χ3n) is 28.9. The standard InChI is InChI=1S/3C45H25N5/c1-48-39-17-10-16-37-38-25-29(27-46)21-23-44(38)50(45(37)39)40-24-22-30(26-31(40)28-47)32-11-2-3-12-33(32)34-13-4-7-18-41(34)49-42-19-8-5-14-35(42)36-15-6-9-20-43(36)49;1-48-32-20-23-45-39(26-32)37-14-6-9-17-43(37)50(45)41-15-7-4-12-35(41)34-11-3-2-10-33(34)30-19-22-40(31(25-30)28-47)49-42-16-8-5-13-36(42)38-24-29(27-46)18-21-44(38)49;46-26-29-20-22-43-38(24-29)36-14-4-7-17-41(36)49(43)39-23-21-30(25-32(39)28-48)33-11-1-2-12-34(33)35-13-3-6-16-40(35)50-42-18-8-5-15-37(42)45-31(27-47)10-9-19-44(45)50/h2*2-26H;1-25H. The van der Waals surface area contributed by atoms with Crippen LogP contribution in [0.1, 0.15) is 38.9 Å². The van der Waals surface area contributed by atoms with Crippen molar-refractivity contribution in [3.05, 3.63) is 517 Å². The first-order chi connectivity index (χ1) is 74.1. The Balaban J connectivity index is 0.000000116. The van der Waals surface area contributed by atoms with Crippen LogP contribution in [0.25, 0.3) is 241 Å². The van der Waals surface area contributed by atoms with Crippen LogP contribution in [-0.2, 0) is 0 Å². The van der Waals surface area contributed by atoms with Crippen LogP contribution in [0.15, 0.2) is 455 Å². The van der Waals surface area contributed by atoms with Crippen LogP contribution in [0, 0.1) is 92.5 Å². The maximum atomic E-state index is 10.6. The Morgan fingerprint density at radius 3 is 0.820 bits per heavy atom. The Labute approximate surface area is 860 Å². The summed E-state index contributed by atoms with van der Waals surface area (Å²) in [6.07, 6.45) is 0. The van der Waals surface area contributed by atoms with Crippen molar-refractivity contribution in [2.75, 3.05) is 0 Å². The summed E-state index contributed by atoms with van der Waals surface area (Å²) in [5.41, 5.74) is 34.3. The van der Waals surface area contributed by atoms with Crippen LogP contribution in [0.2, 0.25) is 0 Å². The van der Waals surface area contributed by atoms with E-state index < -0.39 is 0 Å². The van der Waals surface area contributed by atoms with Crippen LogP contribution >= 0.6 is 0 Å². The summed E-state index contributed by atoms with van der Waals surface area (Å²) in [4.78, 5) is 7.53. The third kappa shape index (κ3) is 14.6. The van der Waals surface area contributed by atoms with Gasteiger partial charge in [0.25, 0.3) is 0 Å². The van der Waals surface area contributed by atoms with Crippen molar-refractivity contribution >= 4 is 142 Å². The number of rotatable bonds is 12. The largest absolute Gasteiger partial charge is 0.318 e. The molecule has 0 amide bonds. The van der Waals surface area contributed by atoms with Crippen LogP contribution in [0.4, 0.5) is 11.4 Å². The highest BCUT2D eigenvalue weighted by Crippen LogP contribution is 2.49. The van der Waals surface area contributed by atoms with E-state index in [1.54, 1.807) is 12.1 Å². The van der Waals surface area contributed by atoms with E-state index in [-0.39, 0.29) is 0 Å². The minimum absolute atomic E-state index is 0.482. The van der Waals surface area contributed by atoms with Crippen molar-refractivity contribution in [2.45, 2.75) is 0 Å². The molecule has 0 N–H and O–H groups in total. The van der Waals surface area contributed by atoms with Crippen molar-refractivity contribution in [1.29, 1.82) is 36.8 Å². The van der Waals surface area contributed by atoms with Gasteiger partial charge in [-0.25, -0.2) is 9.69 Å². The average molecular weight is 1910 g/mol. The first kappa shape index (κ1) is 89.2. The topological polar surface area (TPSA) is 205 Å². The van der Waals surface area contributed by atoms with Crippen LogP contribution < -0.4 is 0 Å². The highest BCUT2D eigenvalue weighted by Gasteiger charge is 2.28. The van der Waals surface area contributed by atoms with Crippen molar-refractivity contribution in [2.24, 2.45) is 0 Å². The van der Waals surface area contributed by atoms with E-state index in [1.165, 1.54) is 10.8 Å². The molecule has 0 atom stereocenters. The Kier molecular flexibility index (Phi) is 22.0. The van der Waals surface area contributed by atoms with Gasteiger partial charge in [-0.1, -0.05) is 285 Å². The molecule has 0 unspecified atom stereocenters. The number of para-hydroxylation sites is 10. The van der Waals surface area contributed by atoms with Gasteiger partial charge in [-0.05, 0) is 231 Å². The van der Waals surface area contributed by atoms with Gasteiger partial charge in [0.05, 0.1) is 177 Å². The van der Waals surface area contributed by atoms with Crippen LogP contribution in [0.5, 0.6) is 0 Å². The number of fused-ring (bicyclic) bond motifs is 18. The van der Waals surface area contributed by atoms with Gasteiger partial charge in [-0.15, -0.1) is 0 Å². The van der Waals surface area contributed by atoms with E-state index in [0.717, 1.165) is 215 Å². The summed E-state index contributed by atoms with van der Waals surface area (Å²) in [6, 6.07) is 169. The molecule has 0 aliphatic carbocycles. The van der Waals surface area contributed by atoms with Gasteiger partial charge in [0.2, 0.25) is 5.69 Å². The number of nitrogens with zero attached hydrogens (tertiary/aromatic N) is 15. The van der Waals surface area contributed by atoms with Crippen LogP contribution in [-0.4, -0.2) is 27.4 Å². The lowest BCUT2D eigenvalue weighted by Gasteiger charge is -2.18. The molecule has 27 rings (SSSR count). The summed E-state index contributed by atoms with van der Waals surface area (Å²) in [7, 11) is 0. The van der Waals surface area contributed by atoms with Crippen molar-refractivity contribution in [3.8, 4) is 143 Å². The Bertz CT molecular complexity index is 10800. The van der Waals surface area contributed by atoms with Gasteiger partial charge in [0, 0.05) is 70.6 Å². The molecule has 690 valence electrons. The van der Waals surface area contributed by atoms with Gasteiger partial charge in [0.1, 0.15) is 18.2 Å². The number of nitriles is 7. The quantitative estimate of drug-likeness (QED) is 0.108. The molecule has 150 heavy (non-hydrogen) atoms. The molecule has 0 aliphatic rings. The van der Waals surface area contributed by atoms with Crippen LogP contribution in [0.3, 0.4) is 0 Å². The van der Waals surface area contributed by atoms with Gasteiger partial charge >= 0.3 is 0 Å². The summed E-state index contributed by atoms with van der Waals surface area (Å²) in [5.74, 6) is 0. The maximum Gasteiger partial charge on any atom is 0.211 e. The monoisotopic (exact) mass is 1910 g/mol. The summed E-state index contributed by atoms with van der Waals surface area (Å²) in [6.45, 7) is 15.5. The second-order valence-electron chi connectivity index (χ2n) is 36.8. The fraction of sp³-hybridized carbons (Fsp3) is 0. The maximum absolute atomic E-state index is 10.6. The molecule has 0 aliphatic heterocycles. The van der Waals surface area contributed by atoms with Crippen molar-refractivity contribution in [1.82, 2.24) is 27.4 Å². The fourth-order valence-electron chi connectivity index (χ4n) is 22.5. The Hall–Kier alpha value is -22.2. The molecular weight excluding hydrogens is 1830 g/mol. The highest BCUT2D eigenvalue weighted by molar-refractivity contribution is 6.18. The van der Waals surface area contributed by atoms with Crippen molar-refractivity contribution < 1.29 is 0 Å². The fourth-order valence-corrected chi connectivity index (χ4v) is 22.5. The second-order valence-corrected chi connectivity index (χ2v) is 36.8. The number of hydrogen-bond acceptors (Lipinski definition) is 7. The molecule has 15 nitrogen and oxygen atoms in total. The first-order valence-electron chi connectivity index (χ1n) is 48.8. The molecule has 6 heterocycles. The number of aromatic nitrogens is 6. The zero-order valence-corrected chi connectivity index (χ0v) is 80.0. The molecule has 0 saturated heterocycles. The predicted octanol–water partition coefficient (Wildman–Crippen LogP) is 33.8. The Morgan fingerprint density at radius 2 is 0.447 bits per heavy atom. The SMILES string of the molecule is N#Cc1ccc2c(c1)c1ccccc1n2-c1ccc(-c2ccccc2-c2ccccc2-n2c3ccccc3c3c(C#N)cccc32)cc1C#N.[C-]#[N+]c1ccc2c(c1)c1ccccc1n2-c1ccccc1-c1ccccc1-c1ccc(-n2c3ccccc3c3cc(C#N)ccc32)c(C#N)c1.[C-]#[N+]c1cccc2c3cc(C#N)ccc3n(-c3ccc(-c4ccccc4-c4ccccc4-n4c5ccccc5c5ccccc54)cc3C#N)c12. The molecule has 27 aromatic rings. The summed E-state index contributed by atoms with van der Waals surface area (Å²) in [5, 5.41) is 82.9. The van der Waals surface area contributed by atoms with Gasteiger partial charge in [-0.3, -0.25) is 0 Å². The molecule has 6 aromatic heterocycles. The molecule has 0 saturated carbocycles. The normalized spacial score (nSPS) is 11.1. The predicted molar refractivity (Wildman–Crippen MR) is 604 cm³/mol. The van der Waals surface area contributed by atoms with Crippen molar-refractivity contribution in [3.63, 3.8) is 0 Å². The number of benzene rings is 21. The minimum atomic E-state index is 0.482. The lowest BCUT2D eigenvalue weighted by Crippen LogP contribution is -1.99. The second kappa shape index (κ2) is 37.0. The zero-order chi connectivity index (χ0) is 101. The highest BCUT2D eigenvalue weighted by atomic mass is 15.0. The lowest BCUT2D eigenvalue weighted by molar-refractivity contribution is 1.17. The smallest absolute Gasteiger partial charge is 0.211 e. The van der Waals surface area contributed by atoms with E-state index >= 15 is 0 Å². The van der Waals surface area contributed by atoms with Gasteiger partial charge < -0.3 is 27.4 Å². The molecule has 21 aromatic carbocycles. The molecule has 15 heteroatoms. The number of hydrogen-bond donors (Lipinski definition) is 0. The zero-order valence-electron chi connectivity index (χ0n) is 80.0. The Morgan fingerprint density at radius 1 is 0.173 bits per heavy atom. The van der Waals surface area contributed by atoms with E-state index in [9.17, 15) is 36.8 Å². The molecule has 0 radical (unpaired) electrons. The molecule has 0 spiro atoms. The van der Waals surface area contributed by atoms with E-state index in [0.29, 0.717) is 56.0 Å². The van der Waals surface area contributed by atoms with E-state index in [2.05, 4.69) is 312 Å². The first-order valence-corrected chi connectivity index (χ1v) is 48.8. The minimum Gasteiger partial charge on any atom is -0.318 e. The van der Waals surface area contributed by atoms with Gasteiger partial charge in [0.15, 0.2) is 5.69 Å². The third-order valence-corrected chi connectivity index (χ3v) is 28.9. The van der Waals surface area contributed by atoms with E-state index in [4.69, 9.17) is 13.1 Å². The van der Waals surface area contributed by atoms with Gasteiger partial charge in [-0.2, -0.15) is 36.8 Å². The van der Waals surface area contributed by atoms with E-state index in [1.807, 2.05) is 211 Å².